The van der Waals surface area contributed by atoms with Crippen molar-refractivity contribution in [2.75, 3.05) is 33.2 Å². The highest BCUT2D eigenvalue weighted by Gasteiger charge is 2.39. The maximum atomic E-state index is 13.2. The summed E-state index contributed by atoms with van der Waals surface area (Å²) in [4.78, 5) is 27.7. The molecule has 0 bridgehead atoms. The van der Waals surface area contributed by atoms with Gasteiger partial charge in [0.15, 0.2) is 11.5 Å². The van der Waals surface area contributed by atoms with Crippen LogP contribution in [0.4, 0.5) is 5.69 Å². The molecular weight excluding hydrogens is 396 g/mol. The number of anilines is 1. The molecule has 3 rings (SSSR count). The van der Waals surface area contributed by atoms with E-state index in [1.54, 1.807) is 12.1 Å². The molecule has 1 aliphatic rings. The van der Waals surface area contributed by atoms with Crippen molar-refractivity contribution in [3.05, 3.63) is 53.2 Å². The van der Waals surface area contributed by atoms with Crippen LogP contribution in [0.5, 0.6) is 17.2 Å². The van der Waals surface area contributed by atoms with Crippen molar-refractivity contribution in [3.63, 3.8) is 0 Å². The minimum Gasteiger partial charge on any atom is -0.493 e. The van der Waals surface area contributed by atoms with Crippen LogP contribution in [0.15, 0.2) is 42.1 Å². The first kappa shape index (κ1) is 22.2. The van der Waals surface area contributed by atoms with Gasteiger partial charge in [0.05, 0.1) is 26.9 Å². The minimum atomic E-state index is -0.358. The fraction of sp³-hybridized carbons (Fsp3) is 0.333. The van der Waals surface area contributed by atoms with E-state index in [-0.39, 0.29) is 23.4 Å². The van der Waals surface area contributed by atoms with E-state index in [0.717, 1.165) is 5.56 Å². The molecule has 2 aromatic carbocycles. The molecule has 0 aliphatic carbocycles. The molecule has 0 spiro atoms. The van der Waals surface area contributed by atoms with Crippen LogP contribution in [-0.4, -0.2) is 44.6 Å². The van der Waals surface area contributed by atoms with Crippen molar-refractivity contribution >= 4 is 23.1 Å². The van der Waals surface area contributed by atoms with E-state index in [0.29, 0.717) is 40.6 Å². The number of nitrogens with zero attached hydrogens (tertiary/aromatic N) is 1. The largest absolute Gasteiger partial charge is 0.493 e. The number of aryl methyl sites for hydroxylation is 1. The molecule has 0 aromatic heterocycles. The topological polar surface area (TPSA) is 77.1 Å². The molecule has 0 unspecified atom stereocenters. The van der Waals surface area contributed by atoms with Crippen molar-refractivity contribution in [1.82, 2.24) is 4.90 Å². The van der Waals surface area contributed by atoms with Gasteiger partial charge < -0.3 is 19.5 Å². The third kappa shape index (κ3) is 4.35. The van der Waals surface area contributed by atoms with Crippen LogP contribution in [0.2, 0.25) is 0 Å². The number of benzene rings is 2. The van der Waals surface area contributed by atoms with Crippen molar-refractivity contribution < 1.29 is 23.8 Å². The molecule has 7 heteroatoms. The van der Waals surface area contributed by atoms with Crippen molar-refractivity contribution in [2.24, 2.45) is 5.92 Å². The molecule has 0 saturated heterocycles. The van der Waals surface area contributed by atoms with Gasteiger partial charge >= 0.3 is 0 Å². The molecule has 2 aromatic rings. The lowest BCUT2D eigenvalue weighted by molar-refractivity contribution is -0.137. The molecule has 0 saturated carbocycles. The second kappa shape index (κ2) is 9.12. The summed E-state index contributed by atoms with van der Waals surface area (Å²) in [5.74, 6) is 0.807. The first-order valence-electron chi connectivity index (χ1n) is 10.0. The molecule has 2 amide bonds. The Balaban J connectivity index is 2.11. The normalized spacial score (nSPS) is 13.8. The van der Waals surface area contributed by atoms with Gasteiger partial charge in [0.25, 0.3) is 11.8 Å². The van der Waals surface area contributed by atoms with E-state index < -0.39 is 0 Å². The van der Waals surface area contributed by atoms with Crippen molar-refractivity contribution in [3.8, 4) is 17.2 Å². The van der Waals surface area contributed by atoms with E-state index >= 15 is 0 Å². The van der Waals surface area contributed by atoms with Gasteiger partial charge in [-0.25, -0.2) is 0 Å². The number of imide groups is 1. The van der Waals surface area contributed by atoms with Crippen molar-refractivity contribution in [2.45, 2.75) is 20.8 Å². The van der Waals surface area contributed by atoms with Gasteiger partial charge in [-0.2, -0.15) is 0 Å². The highest BCUT2D eigenvalue weighted by Crippen LogP contribution is 2.41. The SMILES string of the molecule is COc1cc(NC2=C(c3ccc(C)cc3)C(=O)N(CC(C)C)C2=O)cc(OC)c1OC. The van der Waals surface area contributed by atoms with Gasteiger partial charge in [0, 0.05) is 24.4 Å². The minimum absolute atomic E-state index is 0.146. The van der Waals surface area contributed by atoms with Gasteiger partial charge in [-0.15, -0.1) is 0 Å². The molecular formula is C24H28N2O5. The molecule has 164 valence electrons. The summed E-state index contributed by atoms with van der Waals surface area (Å²) in [5.41, 5.74) is 2.87. The van der Waals surface area contributed by atoms with Gasteiger partial charge in [-0.1, -0.05) is 43.7 Å². The second-order valence-corrected chi connectivity index (χ2v) is 7.77. The first-order valence-corrected chi connectivity index (χ1v) is 10.0. The maximum absolute atomic E-state index is 13.2. The number of methoxy groups -OCH3 is 3. The summed E-state index contributed by atoms with van der Waals surface area (Å²) in [6, 6.07) is 10.9. The lowest BCUT2D eigenvalue weighted by atomic mass is 10.0. The molecule has 1 heterocycles. The zero-order chi connectivity index (χ0) is 22.7. The van der Waals surface area contributed by atoms with Crippen LogP contribution in [0.25, 0.3) is 5.57 Å². The molecule has 1 aliphatic heterocycles. The molecule has 0 fully saturated rings. The zero-order valence-electron chi connectivity index (χ0n) is 18.7. The highest BCUT2D eigenvalue weighted by molar-refractivity contribution is 6.36. The Morgan fingerprint density at radius 1 is 0.903 bits per heavy atom. The lowest BCUT2D eigenvalue weighted by Crippen LogP contribution is -2.35. The summed E-state index contributed by atoms with van der Waals surface area (Å²) in [5, 5.41) is 3.14. The second-order valence-electron chi connectivity index (χ2n) is 7.77. The molecule has 0 radical (unpaired) electrons. The smallest absolute Gasteiger partial charge is 0.278 e. The van der Waals surface area contributed by atoms with Crippen LogP contribution >= 0.6 is 0 Å². The number of nitrogens with one attached hydrogen (secondary N) is 1. The van der Waals surface area contributed by atoms with Crippen LogP contribution in [-0.2, 0) is 9.59 Å². The number of hydrogen-bond donors (Lipinski definition) is 1. The van der Waals surface area contributed by atoms with E-state index in [1.807, 2.05) is 45.0 Å². The molecule has 31 heavy (non-hydrogen) atoms. The third-order valence-electron chi connectivity index (χ3n) is 4.99. The van der Waals surface area contributed by atoms with Crippen molar-refractivity contribution in [1.29, 1.82) is 0 Å². The third-order valence-corrected chi connectivity index (χ3v) is 4.99. The van der Waals surface area contributed by atoms with E-state index in [4.69, 9.17) is 14.2 Å². The standard InChI is InChI=1S/C24H28N2O5/c1-14(2)13-26-23(27)20(16-9-7-15(3)8-10-16)21(24(26)28)25-17-11-18(29-4)22(31-6)19(12-17)30-5/h7-12,14,25H,13H2,1-6H3. The molecule has 7 nitrogen and oxygen atoms in total. The Hall–Kier alpha value is -3.48. The predicted molar refractivity (Wildman–Crippen MR) is 119 cm³/mol. The van der Waals surface area contributed by atoms with Gasteiger partial charge in [-0.05, 0) is 18.4 Å². The quantitative estimate of drug-likeness (QED) is 0.649. The van der Waals surface area contributed by atoms with Gasteiger partial charge in [-0.3, -0.25) is 14.5 Å². The first-order chi connectivity index (χ1) is 14.8. The number of hydrogen-bond acceptors (Lipinski definition) is 6. The summed E-state index contributed by atoms with van der Waals surface area (Å²) >= 11 is 0. The van der Waals surface area contributed by atoms with Crippen LogP contribution < -0.4 is 19.5 Å². The Bertz CT molecular complexity index is 1000. The average molecular weight is 424 g/mol. The number of carbonyl (C=O) groups excluding carboxylic acids is 2. The molecule has 1 N–H and O–H groups in total. The summed E-state index contributed by atoms with van der Waals surface area (Å²) in [7, 11) is 4.56. The van der Waals surface area contributed by atoms with E-state index in [2.05, 4.69) is 5.32 Å². The summed E-state index contributed by atoms with van der Waals surface area (Å²) < 4.78 is 16.2. The van der Waals surface area contributed by atoms with E-state index in [1.165, 1.54) is 26.2 Å². The monoisotopic (exact) mass is 424 g/mol. The fourth-order valence-corrected chi connectivity index (χ4v) is 3.51. The van der Waals surface area contributed by atoms with Gasteiger partial charge in [0.2, 0.25) is 5.75 Å². The lowest BCUT2D eigenvalue weighted by Gasteiger charge is -2.18. The van der Waals surface area contributed by atoms with E-state index in [9.17, 15) is 9.59 Å². The summed E-state index contributed by atoms with van der Waals surface area (Å²) in [6.07, 6.45) is 0. The number of ether oxygens (including phenoxy) is 3. The molecule has 0 atom stereocenters. The fourth-order valence-electron chi connectivity index (χ4n) is 3.51. The van der Waals surface area contributed by atoms with Crippen LogP contribution in [0.3, 0.4) is 0 Å². The highest BCUT2D eigenvalue weighted by atomic mass is 16.5. The number of amides is 2. The number of rotatable bonds is 8. The number of carbonyl (C=O) groups is 2. The zero-order valence-corrected chi connectivity index (χ0v) is 18.7. The Morgan fingerprint density at radius 2 is 1.48 bits per heavy atom. The summed E-state index contributed by atoms with van der Waals surface area (Å²) in [6.45, 7) is 6.25. The van der Waals surface area contributed by atoms with Crippen LogP contribution in [0.1, 0.15) is 25.0 Å². The van der Waals surface area contributed by atoms with Gasteiger partial charge in [0.1, 0.15) is 5.70 Å². The van der Waals surface area contributed by atoms with Crippen LogP contribution in [0, 0.1) is 12.8 Å². The Kier molecular flexibility index (Phi) is 6.53. The maximum Gasteiger partial charge on any atom is 0.278 e. The average Bonchev–Trinajstić information content (AvgIpc) is 2.97. The predicted octanol–water partition coefficient (Wildman–Crippen LogP) is 3.87. The Labute approximate surface area is 182 Å². The Morgan fingerprint density at radius 3 is 1.97 bits per heavy atom.